The van der Waals surface area contributed by atoms with Gasteiger partial charge in [-0.3, -0.25) is 9.59 Å². The fourth-order valence-corrected chi connectivity index (χ4v) is 4.11. The van der Waals surface area contributed by atoms with E-state index in [-0.39, 0.29) is 35.8 Å². The number of carbonyl (C=O) groups is 3. The highest BCUT2D eigenvalue weighted by atomic mass is 16.6. The van der Waals surface area contributed by atoms with Crippen LogP contribution in [0.1, 0.15) is 73.1 Å². The van der Waals surface area contributed by atoms with Crippen molar-refractivity contribution >= 4 is 17.9 Å². The highest BCUT2D eigenvalue weighted by Crippen LogP contribution is 2.22. The molecular weight excluding hydrogens is 370 g/mol. The summed E-state index contributed by atoms with van der Waals surface area (Å²) in [7, 11) is 0. The van der Waals surface area contributed by atoms with Crippen molar-refractivity contribution in [2.45, 2.75) is 84.8 Å². The van der Waals surface area contributed by atoms with E-state index in [0.717, 1.165) is 38.8 Å². The van der Waals surface area contributed by atoms with Crippen LogP contribution in [0.15, 0.2) is 0 Å². The van der Waals surface area contributed by atoms with E-state index in [1.54, 1.807) is 4.90 Å². The second-order valence-electron chi connectivity index (χ2n) is 9.36. The average Bonchev–Trinajstić information content (AvgIpc) is 2.68. The lowest BCUT2D eigenvalue weighted by atomic mass is 9.94. The second kappa shape index (κ2) is 10.3. The number of ether oxygens (including phenoxy) is 1. The molecule has 0 bridgehead atoms. The highest BCUT2D eigenvalue weighted by molar-refractivity contribution is 5.80. The Kier molecular flexibility index (Phi) is 8.34. The van der Waals surface area contributed by atoms with Crippen LogP contribution >= 0.6 is 0 Å². The lowest BCUT2D eigenvalue weighted by Gasteiger charge is -2.36. The Balaban J connectivity index is 1.73. The molecule has 2 aliphatic rings. The first-order chi connectivity index (χ1) is 13.6. The van der Waals surface area contributed by atoms with Crippen LogP contribution in [-0.2, 0) is 14.3 Å². The summed E-state index contributed by atoms with van der Waals surface area (Å²) in [5, 5.41) is 3.18. The third kappa shape index (κ3) is 6.89. The van der Waals surface area contributed by atoms with E-state index in [9.17, 15) is 14.4 Å². The van der Waals surface area contributed by atoms with Crippen LogP contribution in [0.3, 0.4) is 0 Å². The smallest absolute Gasteiger partial charge is 0.410 e. The van der Waals surface area contributed by atoms with E-state index in [1.165, 1.54) is 0 Å². The Labute approximate surface area is 175 Å². The molecule has 2 aliphatic heterocycles. The Morgan fingerprint density at radius 3 is 1.93 bits per heavy atom. The van der Waals surface area contributed by atoms with Crippen molar-refractivity contribution < 1.29 is 19.1 Å². The van der Waals surface area contributed by atoms with Crippen LogP contribution in [0, 0.1) is 11.8 Å². The summed E-state index contributed by atoms with van der Waals surface area (Å²) < 4.78 is 5.41. The molecule has 0 atom stereocenters. The fourth-order valence-electron chi connectivity index (χ4n) is 4.11. The number of rotatable bonds is 5. The SMILES string of the molecule is CCC(CC)C(=O)N1CCC(NC(=O)C2CCN(C(=O)OC(C)(C)C)CC2)CC1. The van der Waals surface area contributed by atoms with Crippen molar-refractivity contribution in [3.8, 4) is 0 Å². The average molecular weight is 410 g/mol. The van der Waals surface area contributed by atoms with Crippen LogP contribution in [0.4, 0.5) is 4.79 Å². The lowest BCUT2D eigenvalue weighted by Crippen LogP contribution is -2.50. The van der Waals surface area contributed by atoms with Crippen LogP contribution in [0.5, 0.6) is 0 Å². The number of likely N-dealkylation sites (tertiary alicyclic amines) is 2. The van der Waals surface area contributed by atoms with Crippen LogP contribution < -0.4 is 5.32 Å². The molecule has 166 valence electrons. The number of nitrogens with zero attached hydrogens (tertiary/aromatic N) is 2. The Morgan fingerprint density at radius 2 is 1.45 bits per heavy atom. The van der Waals surface area contributed by atoms with Crippen LogP contribution in [0.25, 0.3) is 0 Å². The first-order valence-electron chi connectivity index (χ1n) is 11.2. The van der Waals surface area contributed by atoms with Crippen LogP contribution in [0.2, 0.25) is 0 Å². The summed E-state index contributed by atoms with van der Waals surface area (Å²) in [6, 6.07) is 0.136. The van der Waals surface area contributed by atoms with Gasteiger partial charge in [0.15, 0.2) is 0 Å². The topological polar surface area (TPSA) is 79.0 Å². The minimum atomic E-state index is -0.504. The molecule has 29 heavy (non-hydrogen) atoms. The minimum Gasteiger partial charge on any atom is -0.444 e. The van der Waals surface area contributed by atoms with Crippen molar-refractivity contribution in [1.82, 2.24) is 15.1 Å². The Morgan fingerprint density at radius 1 is 0.931 bits per heavy atom. The predicted octanol–water partition coefficient (Wildman–Crippen LogP) is 3.18. The first-order valence-corrected chi connectivity index (χ1v) is 11.2. The molecule has 2 saturated heterocycles. The molecule has 7 nitrogen and oxygen atoms in total. The maximum Gasteiger partial charge on any atom is 0.410 e. The van der Waals surface area contributed by atoms with E-state index in [0.29, 0.717) is 25.9 Å². The lowest BCUT2D eigenvalue weighted by molar-refractivity contribution is -0.137. The van der Waals surface area contributed by atoms with Crippen molar-refractivity contribution in [3.05, 3.63) is 0 Å². The molecule has 1 N–H and O–H groups in total. The standard InChI is InChI=1S/C22H39N3O4/c1-6-16(7-2)20(27)24-14-10-18(11-15-24)23-19(26)17-8-12-25(13-9-17)21(28)29-22(3,4)5/h16-18H,6-15H2,1-5H3,(H,23,26). The van der Waals surface area contributed by atoms with E-state index < -0.39 is 5.60 Å². The monoisotopic (exact) mass is 409 g/mol. The maximum absolute atomic E-state index is 12.7. The molecule has 0 aromatic carbocycles. The van der Waals surface area contributed by atoms with E-state index >= 15 is 0 Å². The van der Waals surface area contributed by atoms with Gasteiger partial charge in [0, 0.05) is 44.1 Å². The summed E-state index contributed by atoms with van der Waals surface area (Å²) in [4.78, 5) is 41.0. The van der Waals surface area contributed by atoms with Gasteiger partial charge in [-0.2, -0.15) is 0 Å². The summed E-state index contributed by atoms with van der Waals surface area (Å²) in [6.45, 7) is 12.2. The normalized spacial score (nSPS) is 19.4. The van der Waals surface area contributed by atoms with E-state index in [1.807, 2.05) is 25.7 Å². The largest absolute Gasteiger partial charge is 0.444 e. The maximum atomic E-state index is 12.7. The van der Waals surface area contributed by atoms with Gasteiger partial charge >= 0.3 is 6.09 Å². The summed E-state index contributed by atoms with van der Waals surface area (Å²) >= 11 is 0. The van der Waals surface area contributed by atoms with Gasteiger partial charge in [-0.05, 0) is 59.3 Å². The van der Waals surface area contributed by atoms with E-state index in [4.69, 9.17) is 4.74 Å². The van der Waals surface area contributed by atoms with Gasteiger partial charge in [-0.15, -0.1) is 0 Å². The molecule has 2 heterocycles. The fraction of sp³-hybridized carbons (Fsp3) is 0.864. The number of hydrogen-bond acceptors (Lipinski definition) is 4. The van der Waals surface area contributed by atoms with Gasteiger partial charge in [0.25, 0.3) is 0 Å². The molecule has 0 aromatic heterocycles. The van der Waals surface area contributed by atoms with Gasteiger partial charge < -0.3 is 19.9 Å². The minimum absolute atomic E-state index is 0.0575. The van der Waals surface area contributed by atoms with Crippen molar-refractivity contribution in [1.29, 1.82) is 0 Å². The van der Waals surface area contributed by atoms with Gasteiger partial charge in [-0.25, -0.2) is 4.79 Å². The molecule has 3 amide bonds. The van der Waals surface area contributed by atoms with Crippen LogP contribution in [-0.4, -0.2) is 65.5 Å². The zero-order valence-corrected chi connectivity index (χ0v) is 18.8. The third-order valence-electron chi connectivity index (χ3n) is 6.01. The molecule has 0 saturated carbocycles. The van der Waals surface area contributed by atoms with Gasteiger partial charge in [-0.1, -0.05) is 13.8 Å². The zero-order chi connectivity index (χ0) is 21.6. The molecule has 0 aliphatic carbocycles. The molecule has 0 spiro atoms. The second-order valence-corrected chi connectivity index (χ2v) is 9.36. The number of nitrogens with one attached hydrogen (secondary N) is 1. The summed E-state index contributed by atoms with van der Waals surface area (Å²) in [5.74, 6) is 0.405. The van der Waals surface area contributed by atoms with Crippen molar-refractivity contribution in [2.24, 2.45) is 11.8 Å². The van der Waals surface area contributed by atoms with E-state index in [2.05, 4.69) is 19.2 Å². The van der Waals surface area contributed by atoms with Crippen molar-refractivity contribution in [3.63, 3.8) is 0 Å². The number of piperidine rings is 2. The van der Waals surface area contributed by atoms with Gasteiger partial charge in [0.1, 0.15) is 5.60 Å². The Hall–Kier alpha value is -1.79. The quantitative estimate of drug-likeness (QED) is 0.756. The van der Waals surface area contributed by atoms with Gasteiger partial charge in [0.2, 0.25) is 11.8 Å². The van der Waals surface area contributed by atoms with Crippen molar-refractivity contribution in [2.75, 3.05) is 26.2 Å². The molecule has 0 aromatic rings. The number of amides is 3. The molecule has 7 heteroatoms. The zero-order valence-electron chi connectivity index (χ0n) is 18.8. The Bertz CT molecular complexity index is 567. The molecule has 0 unspecified atom stereocenters. The molecule has 2 rings (SSSR count). The summed E-state index contributed by atoms with van der Waals surface area (Å²) in [5.41, 5.74) is -0.504. The number of carbonyl (C=O) groups excluding carboxylic acids is 3. The molecule has 0 radical (unpaired) electrons. The summed E-state index contributed by atoms with van der Waals surface area (Å²) in [6.07, 6.45) is 4.42. The predicted molar refractivity (Wildman–Crippen MR) is 112 cm³/mol. The molecular formula is C22H39N3O4. The highest BCUT2D eigenvalue weighted by Gasteiger charge is 2.32. The number of hydrogen-bond donors (Lipinski definition) is 1. The first kappa shape index (κ1) is 23.5. The molecule has 2 fully saturated rings. The third-order valence-corrected chi connectivity index (χ3v) is 6.01. The van der Waals surface area contributed by atoms with Gasteiger partial charge in [0.05, 0.1) is 0 Å².